The van der Waals surface area contributed by atoms with Crippen molar-refractivity contribution in [1.29, 1.82) is 0 Å². The summed E-state index contributed by atoms with van der Waals surface area (Å²) in [5.74, 6) is 1.26. The van der Waals surface area contributed by atoms with E-state index in [1.807, 2.05) is 6.92 Å². The molecular formula is C25H35N7O6S2. The van der Waals surface area contributed by atoms with Crippen molar-refractivity contribution >= 4 is 31.0 Å². The van der Waals surface area contributed by atoms with Crippen LogP contribution in [0.5, 0.6) is 5.75 Å². The average Bonchev–Trinajstić information content (AvgIpc) is 3.28. The standard InChI is InChI=1S/C25H35N7O6S2/c1-6-20-28-23-22(18-15-27-12-13-38-18)29-25(30-24(23)32(20)4)40(35,36)19(11-14-39(33,34)31(2)3)21(26)16-7-9-17(37-5)10-8-16/h7-11,14,18-19,21,27H,6,12-13,15,26H2,1-5H3. The van der Waals surface area contributed by atoms with Gasteiger partial charge in [0.25, 0.3) is 0 Å². The summed E-state index contributed by atoms with van der Waals surface area (Å²) in [5, 5.41) is 2.05. The van der Waals surface area contributed by atoms with Crippen LogP contribution in [0.3, 0.4) is 0 Å². The summed E-state index contributed by atoms with van der Waals surface area (Å²) in [7, 11) is -2.38. The monoisotopic (exact) mass is 593 g/mol. The zero-order chi connectivity index (χ0) is 29.2. The molecule has 3 atom stereocenters. The molecule has 2 aromatic heterocycles. The van der Waals surface area contributed by atoms with E-state index in [2.05, 4.69) is 20.3 Å². The molecule has 218 valence electrons. The zero-order valence-electron chi connectivity index (χ0n) is 23.1. The van der Waals surface area contributed by atoms with Crippen molar-refractivity contribution in [2.24, 2.45) is 12.8 Å². The molecule has 3 aromatic rings. The predicted octanol–water partition coefficient (Wildman–Crippen LogP) is 0.843. The minimum absolute atomic E-state index is 0.330. The number of aryl methyl sites for hydroxylation is 2. The van der Waals surface area contributed by atoms with Crippen molar-refractivity contribution in [2.45, 2.75) is 35.9 Å². The number of ether oxygens (including phenoxy) is 2. The number of rotatable bonds is 10. The molecule has 3 heterocycles. The lowest BCUT2D eigenvalue weighted by atomic mass is 10.0. The molecule has 0 saturated carbocycles. The molecule has 1 aliphatic heterocycles. The molecule has 15 heteroatoms. The van der Waals surface area contributed by atoms with E-state index in [0.29, 0.717) is 60.1 Å². The first-order valence-electron chi connectivity index (χ1n) is 12.7. The third-order valence-electron chi connectivity index (χ3n) is 6.78. The quantitative estimate of drug-likeness (QED) is 0.319. The van der Waals surface area contributed by atoms with Crippen LogP contribution in [0.1, 0.15) is 36.2 Å². The molecule has 0 bridgehead atoms. The summed E-state index contributed by atoms with van der Waals surface area (Å²) >= 11 is 0. The van der Waals surface area contributed by atoms with E-state index in [1.54, 1.807) is 35.9 Å². The van der Waals surface area contributed by atoms with Crippen molar-refractivity contribution < 1.29 is 26.3 Å². The van der Waals surface area contributed by atoms with E-state index in [-0.39, 0.29) is 0 Å². The van der Waals surface area contributed by atoms with Crippen LogP contribution in [0.25, 0.3) is 11.2 Å². The van der Waals surface area contributed by atoms with Gasteiger partial charge in [-0.15, -0.1) is 0 Å². The molecule has 4 rings (SSSR count). The fraction of sp³-hybridized carbons (Fsp3) is 0.480. The van der Waals surface area contributed by atoms with Crippen molar-refractivity contribution in [3.05, 3.63) is 52.8 Å². The number of sulfonamides is 1. The van der Waals surface area contributed by atoms with E-state index in [1.165, 1.54) is 21.2 Å². The zero-order valence-corrected chi connectivity index (χ0v) is 24.7. The Morgan fingerprint density at radius 3 is 2.48 bits per heavy atom. The third-order valence-corrected chi connectivity index (χ3v) is 10.2. The van der Waals surface area contributed by atoms with Gasteiger partial charge in [-0.25, -0.2) is 31.1 Å². The highest BCUT2D eigenvalue weighted by molar-refractivity contribution is 7.93. The second-order valence-electron chi connectivity index (χ2n) is 9.53. The van der Waals surface area contributed by atoms with Gasteiger partial charge in [0.1, 0.15) is 34.1 Å². The Morgan fingerprint density at radius 2 is 1.90 bits per heavy atom. The predicted molar refractivity (Wildman–Crippen MR) is 150 cm³/mol. The number of morpholine rings is 1. The maximum Gasteiger partial charge on any atom is 0.250 e. The van der Waals surface area contributed by atoms with Crippen molar-refractivity contribution in [3.63, 3.8) is 0 Å². The molecule has 3 N–H and O–H groups in total. The summed E-state index contributed by atoms with van der Waals surface area (Å²) in [6.45, 7) is 3.42. The second kappa shape index (κ2) is 11.9. The van der Waals surface area contributed by atoms with E-state index in [0.717, 1.165) is 15.8 Å². The highest BCUT2D eigenvalue weighted by Crippen LogP contribution is 2.31. The van der Waals surface area contributed by atoms with E-state index in [4.69, 9.17) is 15.2 Å². The lowest BCUT2D eigenvalue weighted by Gasteiger charge is -2.24. The van der Waals surface area contributed by atoms with Crippen LogP contribution in [-0.4, -0.2) is 86.8 Å². The molecule has 1 aromatic carbocycles. The van der Waals surface area contributed by atoms with Gasteiger partial charge in [-0.2, -0.15) is 4.98 Å². The van der Waals surface area contributed by atoms with E-state index >= 15 is 0 Å². The topological polar surface area (TPSA) is 172 Å². The highest BCUT2D eigenvalue weighted by Gasteiger charge is 2.37. The number of methoxy groups -OCH3 is 1. The number of hydrogen-bond acceptors (Lipinski definition) is 11. The molecular weight excluding hydrogens is 558 g/mol. The number of fused-ring (bicyclic) bond motifs is 1. The van der Waals surface area contributed by atoms with Crippen LogP contribution in [0.2, 0.25) is 0 Å². The van der Waals surface area contributed by atoms with Crippen LogP contribution in [0.15, 0.2) is 40.9 Å². The Hall–Kier alpha value is -2.95. The second-order valence-corrected chi connectivity index (χ2v) is 13.6. The number of aromatic nitrogens is 4. The first kappa shape index (κ1) is 30.0. The molecule has 40 heavy (non-hydrogen) atoms. The lowest BCUT2D eigenvalue weighted by molar-refractivity contribution is 0.0255. The SMILES string of the molecule is CCc1nc2c(C3CNCCO3)nc(S(=O)(=O)C(C=CS(=O)(=O)N(C)C)C(N)c3ccc(OC)cc3)nc2n1C. The van der Waals surface area contributed by atoms with E-state index in [9.17, 15) is 16.8 Å². The molecule has 0 radical (unpaired) electrons. The summed E-state index contributed by atoms with van der Waals surface area (Å²) in [6, 6.07) is 5.40. The maximum atomic E-state index is 14.2. The van der Waals surface area contributed by atoms with Crippen molar-refractivity contribution in [1.82, 2.24) is 29.1 Å². The molecule has 13 nitrogen and oxygen atoms in total. The van der Waals surface area contributed by atoms with Crippen molar-refractivity contribution in [3.8, 4) is 5.75 Å². The Morgan fingerprint density at radius 1 is 1.20 bits per heavy atom. The number of imidazole rings is 1. The van der Waals surface area contributed by atoms with Crippen LogP contribution >= 0.6 is 0 Å². The fourth-order valence-corrected chi connectivity index (χ4v) is 6.59. The normalized spacial score (nSPS) is 18.4. The summed E-state index contributed by atoms with van der Waals surface area (Å²) in [4.78, 5) is 13.6. The van der Waals surface area contributed by atoms with Gasteiger partial charge in [0.2, 0.25) is 25.0 Å². The van der Waals surface area contributed by atoms with Gasteiger partial charge < -0.3 is 25.1 Å². The molecule has 1 fully saturated rings. The average molecular weight is 594 g/mol. The van der Waals surface area contributed by atoms with Gasteiger partial charge in [0.05, 0.1) is 19.8 Å². The van der Waals surface area contributed by atoms with Gasteiger partial charge in [-0.05, 0) is 17.7 Å². The number of sulfone groups is 1. The Balaban J connectivity index is 1.90. The largest absolute Gasteiger partial charge is 0.497 e. The number of benzene rings is 1. The third kappa shape index (κ3) is 5.89. The first-order chi connectivity index (χ1) is 18.9. The summed E-state index contributed by atoms with van der Waals surface area (Å²) in [6.07, 6.45) is 1.12. The number of nitrogens with zero attached hydrogens (tertiary/aromatic N) is 5. The van der Waals surface area contributed by atoms with Gasteiger partial charge in [0, 0.05) is 46.1 Å². The molecule has 0 spiro atoms. The molecule has 0 aliphatic carbocycles. The Labute approximate surface area is 234 Å². The summed E-state index contributed by atoms with van der Waals surface area (Å²) in [5.41, 5.74) is 8.10. The number of hydrogen-bond donors (Lipinski definition) is 2. The van der Waals surface area contributed by atoms with Crippen molar-refractivity contribution in [2.75, 3.05) is 40.9 Å². The minimum atomic E-state index is -4.44. The number of nitrogens with two attached hydrogens (primary N) is 1. The number of nitrogens with one attached hydrogen (secondary N) is 1. The smallest absolute Gasteiger partial charge is 0.250 e. The van der Waals surface area contributed by atoms with Crippen LogP contribution in [0.4, 0.5) is 0 Å². The van der Waals surface area contributed by atoms with Gasteiger partial charge >= 0.3 is 0 Å². The highest BCUT2D eigenvalue weighted by atomic mass is 32.2. The fourth-order valence-electron chi connectivity index (χ4n) is 4.37. The molecule has 3 unspecified atom stereocenters. The van der Waals surface area contributed by atoms with Crippen LogP contribution in [-0.2, 0) is 38.1 Å². The Bertz CT molecular complexity index is 1600. The molecule has 0 amide bonds. The summed E-state index contributed by atoms with van der Waals surface area (Å²) < 4.78 is 67.5. The lowest BCUT2D eigenvalue weighted by Crippen LogP contribution is -2.36. The Kier molecular flexibility index (Phi) is 8.92. The van der Waals surface area contributed by atoms with Crippen LogP contribution in [0, 0.1) is 0 Å². The first-order valence-corrected chi connectivity index (χ1v) is 15.7. The van der Waals surface area contributed by atoms with Gasteiger partial charge in [-0.3, -0.25) is 0 Å². The maximum absolute atomic E-state index is 14.2. The molecule has 1 aliphatic rings. The van der Waals surface area contributed by atoms with Gasteiger partial charge in [-0.1, -0.05) is 25.1 Å². The van der Waals surface area contributed by atoms with E-state index < -0.39 is 42.4 Å². The van der Waals surface area contributed by atoms with Gasteiger partial charge in [0.15, 0.2) is 5.65 Å². The molecule has 1 saturated heterocycles. The van der Waals surface area contributed by atoms with Crippen LogP contribution < -0.4 is 15.8 Å². The minimum Gasteiger partial charge on any atom is -0.497 e.